The average molecular weight is 596 g/mol. The van der Waals surface area contributed by atoms with E-state index in [1.165, 1.54) is 14.6 Å². The van der Waals surface area contributed by atoms with Gasteiger partial charge in [0.05, 0.1) is 12.3 Å². The van der Waals surface area contributed by atoms with Crippen molar-refractivity contribution >= 4 is 35.6 Å². The van der Waals surface area contributed by atoms with Crippen LogP contribution in [-0.2, 0) is 4.74 Å². The van der Waals surface area contributed by atoms with Crippen molar-refractivity contribution in [1.29, 1.82) is 0 Å². The van der Waals surface area contributed by atoms with Gasteiger partial charge in [0.2, 0.25) is 0 Å². The van der Waals surface area contributed by atoms with Crippen LogP contribution in [0.4, 0.5) is 5.69 Å². The topological polar surface area (TPSA) is 66.1 Å². The number of nitrogens with two attached hydrogens (primary N) is 1. The van der Waals surface area contributed by atoms with Crippen LogP contribution in [-0.4, -0.2) is 77.7 Å². The average Bonchev–Trinajstić information content (AvgIpc) is 2.79. The van der Waals surface area contributed by atoms with Crippen LogP contribution >= 0.6 is 20.7 Å². The highest BCUT2D eigenvalue weighted by molar-refractivity contribution is 14.2. The first kappa shape index (κ1) is 29.7. The number of hydrogen-bond donors (Lipinski definition) is 2. The summed E-state index contributed by atoms with van der Waals surface area (Å²) in [5, 5.41) is 3.53. The Morgan fingerprint density at radius 2 is 1.80 bits per heavy atom. The first-order valence-corrected chi connectivity index (χ1v) is 15.0. The number of anilines is 1. The van der Waals surface area contributed by atoms with Crippen LogP contribution in [0, 0.1) is 13.8 Å². The van der Waals surface area contributed by atoms with Gasteiger partial charge >= 0.3 is 0 Å². The number of allylic oxidation sites excluding steroid dienone is 2. The fourth-order valence-corrected chi connectivity index (χ4v) is 7.13. The predicted octanol–water partition coefficient (Wildman–Crippen LogP) is 5.09. The van der Waals surface area contributed by atoms with E-state index in [1.54, 1.807) is 9.78 Å². The van der Waals surface area contributed by atoms with Gasteiger partial charge in [-0.25, -0.2) is 0 Å². The number of aryl methyl sites for hydroxylation is 2. The van der Waals surface area contributed by atoms with Crippen LogP contribution in [0.15, 0.2) is 45.1 Å². The lowest BCUT2D eigenvalue weighted by Gasteiger charge is -2.34. The molecule has 0 amide bonds. The molecule has 0 bridgehead atoms. The van der Waals surface area contributed by atoms with Gasteiger partial charge in [-0.2, -0.15) is 0 Å². The Bertz CT molecular complexity index is 880. The molecule has 196 valence electrons. The molecule has 0 aliphatic carbocycles. The van der Waals surface area contributed by atoms with E-state index in [0.717, 1.165) is 70.3 Å². The molecule has 1 fully saturated rings. The Balaban J connectivity index is 2.05. The lowest BCUT2D eigenvalue weighted by Crippen LogP contribution is -2.47. The second-order valence-electron chi connectivity index (χ2n) is 9.07. The highest BCUT2D eigenvalue weighted by Crippen LogP contribution is 2.21. The van der Waals surface area contributed by atoms with Crippen molar-refractivity contribution in [3.8, 4) is 0 Å². The first-order chi connectivity index (χ1) is 16.8. The number of benzene rings is 1. The minimum atomic E-state index is -0.279. The Morgan fingerprint density at radius 3 is 2.40 bits per heavy atom. The normalized spacial score (nSPS) is 18.1. The monoisotopic (exact) mass is 595 g/mol. The van der Waals surface area contributed by atoms with Crippen molar-refractivity contribution in [2.45, 2.75) is 54.1 Å². The van der Waals surface area contributed by atoms with Crippen LogP contribution < -0.4 is 11.1 Å². The molecule has 0 radical (unpaired) electrons. The molecule has 0 aromatic heterocycles. The highest BCUT2D eigenvalue weighted by atomic mass is 127. The van der Waals surface area contributed by atoms with E-state index >= 15 is 0 Å². The van der Waals surface area contributed by atoms with E-state index in [4.69, 9.17) is 15.5 Å². The summed E-state index contributed by atoms with van der Waals surface area (Å²) in [6.45, 7) is 21.1. The summed E-state index contributed by atoms with van der Waals surface area (Å²) in [5.74, 6) is 0. The highest BCUT2D eigenvalue weighted by Gasteiger charge is 2.17. The Hall–Kier alpha value is -1.55. The van der Waals surface area contributed by atoms with Crippen molar-refractivity contribution in [2.75, 3.05) is 57.8 Å². The van der Waals surface area contributed by atoms with Crippen molar-refractivity contribution in [3.05, 3.63) is 51.3 Å². The fraction of sp³-hybridized carbons (Fsp3) is 0.571. The number of halogens is 1. The summed E-state index contributed by atoms with van der Waals surface area (Å²) < 4.78 is 8.45. The molecule has 1 heterocycles. The third-order valence-electron chi connectivity index (χ3n) is 5.82. The molecule has 2 rings (SSSR count). The predicted molar refractivity (Wildman–Crippen MR) is 162 cm³/mol. The third kappa shape index (κ3) is 11.4. The summed E-state index contributed by atoms with van der Waals surface area (Å²) in [7, 11) is 0. The fourth-order valence-electron chi connectivity index (χ4n) is 4.19. The van der Waals surface area contributed by atoms with Crippen LogP contribution in [0.2, 0.25) is 0 Å². The molecule has 1 aromatic carbocycles. The van der Waals surface area contributed by atoms with Gasteiger partial charge in [0.15, 0.2) is 0 Å². The zero-order valence-corrected chi connectivity index (χ0v) is 24.8. The second kappa shape index (κ2) is 16.2. The number of nitrogens with one attached hydrogen (secondary N) is 1. The van der Waals surface area contributed by atoms with Gasteiger partial charge in [-0.3, -0.25) is 14.8 Å². The Morgan fingerprint density at radius 1 is 1.14 bits per heavy atom. The molecule has 1 aliphatic rings. The molecule has 1 atom stereocenters. The maximum Gasteiger partial charge on any atom is 0.116 e. The van der Waals surface area contributed by atoms with Gasteiger partial charge < -0.3 is 15.8 Å². The van der Waals surface area contributed by atoms with Gasteiger partial charge in [-0.15, -0.1) is 0 Å². The zero-order valence-electron chi connectivity index (χ0n) is 22.6. The molecular weight excluding hydrogens is 549 g/mol. The third-order valence-corrected chi connectivity index (χ3v) is 8.66. The van der Waals surface area contributed by atoms with Crippen molar-refractivity contribution in [1.82, 2.24) is 9.80 Å². The molecule has 1 aliphatic heterocycles. The van der Waals surface area contributed by atoms with Gasteiger partial charge in [-0.05, 0) is 80.2 Å². The second-order valence-corrected chi connectivity index (χ2v) is 12.6. The van der Waals surface area contributed by atoms with E-state index in [0.29, 0.717) is 0 Å². The maximum absolute atomic E-state index is 5.81. The van der Waals surface area contributed by atoms with Gasteiger partial charge in [0.1, 0.15) is 6.17 Å². The van der Waals surface area contributed by atoms with E-state index in [-0.39, 0.29) is 26.9 Å². The first-order valence-electron chi connectivity index (χ1n) is 12.9. The Kier molecular flexibility index (Phi) is 13.8. The SMILES string of the molecule is CC/C=C(/CN1CCN(CCOCC)CC1)I=C(C)C(/C=C/N)=NC(C)Nc1cc(C)cc(C)c1. The molecule has 1 aromatic rings. The lowest BCUT2D eigenvalue weighted by molar-refractivity contribution is 0.0843. The summed E-state index contributed by atoms with van der Waals surface area (Å²) in [6, 6.07) is 6.52. The van der Waals surface area contributed by atoms with Crippen LogP contribution in [0.1, 0.15) is 45.2 Å². The van der Waals surface area contributed by atoms with Gasteiger partial charge in [0.25, 0.3) is 0 Å². The van der Waals surface area contributed by atoms with E-state index in [2.05, 4.69) is 80.9 Å². The number of hydrogen-bond acceptors (Lipinski definition) is 6. The molecule has 1 saturated heterocycles. The summed E-state index contributed by atoms with van der Waals surface area (Å²) in [5.41, 5.74) is 10.4. The van der Waals surface area contributed by atoms with E-state index in [9.17, 15) is 0 Å². The summed E-state index contributed by atoms with van der Waals surface area (Å²) in [6.07, 6.45) is 7.03. The van der Waals surface area contributed by atoms with E-state index < -0.39 is 0 Å². The minimum Gasteiger partial charge on any atom is -0.405 e. The molecule has 0 saturated carbocycles. The van der Waals surface area contributed by atoms with Crippen molar-refractivity contribution < 1.29 is 4.74 Å². The number of piperazine rings is 1. The molecule has 1 unspecified atom stereocenters. The van der Waals surface area contributed by atoms with Crippen LogP contribution in [0.5, 0.6) is 0 Å². The molecule has 0 spiro atoms. The van der Waals surface area contributed by atoms with Gasteiger partial charge in [-0.1, -0.05) is 39.8 Å². The molecular formula is C28H46IN5O. The standard InChI is InChI=1S/C28H46IN5O/c1-7-9-26(21-34-14-12-33(13-15-34)16-17-35-8-2)29-24(5)28(10-11-30)32-25(6)31-27-19-22(3)18-23(4)20-27/h9-11,18-20,25,31H,7-8,12-17,21,30H2,1-6H3/b11-10+,26-9-,32-28?. The van der Waals surface area contributed by atoms with Gasteiger partial charge in [0, 0.05) is 55.1 Å². The number of nitrogens with zero attached hydrogens (tertiary/aromatic N) is 3. The number of rotatable bonds is 13. The molecule has 6 nitrogen and oxygen atoms in total. The quantitative estimate of drug-likeness (QED) is 0.189. The largest absolute Gasteiger partial charge is 0.405 e. The molecule has 7 heteroatoms. The van der Waals surface area contributed by atoms with E-state index in [1.807, 2.05) is 6.08 Å². The van der Waals surface area contributed by atoms with Crippen molar-refractivity contribution in [2.24, 2.45) is 10.7 Å². The maximum atomic E-state index is 5.81. The smallest absolute Gasteiger partial charge is 0.116 e. The molecule has 35 heavy (non-hydrogen) atoms. The zero-order chi connectivity index (χ0) is 25.6. The lowest BCUT2D eigenvalue weighted by atomic mass is 10.1. The van der Waals surface area contributed by atoms with Crippen LogP contribution in [0.25, 0.3) is 0 Å². The summed E-state index contributed by atoms with van der Waals surface area (Å²) in [4.78, 5) is 10.1. The minimum absolute atomic E-state index is 0.0373. The van der Waals surface area contributed by atoms with Crippen molar-refractivity contribution in [3.63, 3.8) is 0 Å². The number of aliphatic imine (C=N–C) groups is 1. The molecule has 3 N–H and O–H groups in total. The van der Waals surface area contributed by atoms with Crippen LogP contribution in [0.3, 0.4) is 0 Å². The number of ether oxygens (including phenoxy) is 1. The Labute approximate surface area is 223 Å². The summed E-state index contributed by atoms with van der Waals surface area (Å²) >= 11 is -0.279.